The molecule has 1 aromatic carbocycles. The Balaban J connectivity index is 2.73. The zero-order chi connectivity index (χ0) is 12.1. The fraction of sp³-hybridized carbons (Fsp3) is 0.364. The molecule has 1 atom stereocenters. The van der Waals surface area contributed by atoms with E-state index in [0.29, 0.717) is 12.3 Å². The first-order chi connectivity index (χ1) is 7.54. The lowest BCUT2D eigenvalue weighted by Gasteiger charge is -2.12. The summed E-state index contributed by atoms with van der Waals surface area (Å²) in [4.78, 5) is 11.6. The number of phenols is 1. The molecule has 0 fully saturated rings. The standard InChI is InChI=1S/C11H13ClFNO2/c1-7(4-5-12)14-11(16)9-3-2-8(13)6-10(9)15/h2-3,6-7,15H,4-5H2,1H3,(H,14,16). The number of hydrogen-bond donors (Lipinski definition) is 2. The van der Waals surface area contributed by atoms with Crippen molar-refractivity contribution in [3.8, 4) is 5.75 Å². The number of amides is 1. The molecule has 5 heteroatoms. The molecule has 1 unspecified atom stereocenters. The van der Waals surface area contributed by atoms with Crippen LogP contribution in [0, 0.1) is 5.82 Å². The Kier molecular flexibility index (Phi) is 4.55. The quantitative estimate of drug-likeness (QED) is 0.800. The molecule has 0 saturated heterocycles. The predicted octanol–water partition coefficient (Wildman–Crippen LogP) is 2.28. The van der Waals surface area contributed by atoms with Crippen molar-refractivity contribution in [3.63, 3.8) is 0 Å². The smallest absolute Gasteiger partial charge is 0.255 e. The van der Waals surface area contributed by atoms with Gasteiger partial charge in [-0.25, -0.2) is 4.39 Å². The number of aromatic hydroxyl groups is 1. The van der Waals surface area contributed by atoms with Gasteiger partial charge >= 0.3 is 0 Å². The van der Waals surface area contributed by atoms with Crippen molar-refractivity contribution in [3.05, 3.63) is 29.6 Å². The first-order valence-corrected chi connectivity index (χ1v) is 5.43. The highest BCUT2D eigenvalue weighted by molar-refractivity contribution is 6.17. The molecule has 3 nitrogen and oxygen atoms in total. The second-order valence-electron chi connectivity index (χ2n) is 3.51. The Hall–Kier alpha value is -1.29. The molecule has 2 N–H and O–H groups in total. The van der Waals surface area contributed by atoms with E-state index in [4.69, 9.17) is 11.6 Å². The average Bonchev–Trinajstić information content (AvgIpc) is 2.17. The van der Waals surface area contributed by atoms with Crippen LogP contribution in [0.1, 0.15) is 23.7 Å². The van der Waals surface area contributed by atoms with Crippen LogP contribution in [0.4, 0.5) is 4.39 Å². The van der Waals surface area contributed by atoms with Crippen LogP contribution in [0.25, 0.3) is 0 Å². The highest BCUT2D eigenvalue weighted by atomic mass is 35.5. The molecular formula is C11H13ClFNO2. The lowest BCUT2D eigenvalue weighted by molar-refractivity contribution is 0.0936. The van der Waals surface area contributed by atoms with Crippen LogP contribution in [0.2, 0.25) is 0 Å². The summed E-state index contributed by atoms with van der Waals surface area (Å²) in [6.07, 6.45) is 0.634. The molecule has 0 saturated carbocycles. The second kappa shape index (κ2) is 5.70. The molecule has 16 heavy (non-hydrogen) atoms. The van der Waals surface area contributed by atoms with E-state index >= 15 is 0 Å². The Morgan fingerprint density at radius 1 is 1.62 bits per heavy atom. The van der Waals surface area contributed by atoms with E-state index in [0.717, 1.165) is 12.1 Å². The number of carbonyl (C=O) groups is 1. The fourth-order valence-corrected chi connectivity index (χ4v) is 1.56. The van der Waals surface area contributed by atoms with Crippen LogP contribution in [0.5, 0.6) is 5.75 Å². The first kappa shape index (κ1) is 12.8. The lowest BCUT2D eigenvalue weighted by Crippen LogP contribution is -2.32. The number of nitrogens with one attached hydrogen (secondary N) is 1. The van der Waals surface area contributed by atoms with Crippen LogP contribution in [0.3, 0.4) is 0 Å². The van der Waals surface area contributed by atoms with E-state index in [1.165, 1.54) is 6.07 Å². The third-order valence-corrected chi connectivity index (χ3v) is 2.34. The number of benzene rings is 1. The van der Waals surface area contributed by atoms with E-state index in [1.807, 2.05) is 0 Å². The van der Waals surface area contributed by atoms with Crippen molar-refractivity contribution in [2.24, 2.45) is 0 Å². The van der Waals surface area contributed by atoms with Gasteiger partial charge in [-0.05, 0) is 25.5 Å². The van der Waals surface area contributed by atoms with Gasteiger partial charge in [0.2, 0.25) is 0 Å². The average molecular weight is 246 g/mol. The number of alkyl halides is 1. The van der Waals surface area contributed by atoms with Crippen molar-refractivity contribution < 1.29 is 14.3 Å². The summed E-state index contributed by atoms with van der Waals surface area (Å²) in [5.74, 6) is -0.940. The lowest BCUT2D eigenvalue weighted by atomic mass is 10.1. The number of hydrogen-bond acceptors (Lipinski definition) is 2. The van der Waals surface area contributed by atoms with E-state index in [9.17, 15) is 14.3 Å². The maximum absolute atomic E-state index is 12.7. The SMILES string of the molecule is CC(CCCl)NC(=O)c1ccc(F)cc1O. The van der Waals surface area contributed by atoms with Crippen LogP contribution in [-0.4, -0.2) is 22.9 Å². The van der Waals surface area contributed by atoms with Crippen molar-refractivity contribution in [2.45, 2.75) is 19.4 Å². The molecule has 0 heterocycles. The molecule has 0 aliphatic carbocycles. The van der Waals surface area contributed by atoms with Crippen LogP contribution in [0.15, 0.2) is 18.2 Å². The molecule has 1 rings (SSSR count). The summed E-state index contributed by atoms with van der Waals surface area (Å²) in [6, 6.07) is 3.18. The van der Waals surface area contributed by atoms with Gasteiger partial charge in [0.15, 0.2) is 0 Å². The number of carbonyl (C=O) groups excluding carboxylic acids is 1. The largest absolute Gasteiger partial charge is 0.507 e. The molecule has 0 radical (unpaired) electrons. The van der Waals surface area contributed by atoms with E-state index in [1.54, 1.807) is 6.92 Å². The fourth-order valence-electron chi connectivity index (χ4n) is 1.23. The van der Waals surface area contributed by atoms with E-state index < -0.39 is 11.7 Å². The second-order valence-corrected chi connectivity index (χ2v) is 3.89. The summed E-state index contributed by atoms with van der Waals surface area (Å²) in [5.41, 5.74) is 0.0582. The summed E-state index contributed by atoms with van der Waals surface area (Å²) in [7, 11) is 0. The molecule has 1 amide bonds. The maximum Gasteiger partial charge on any atom is 0.255 e. The monoisotopic (exact) mass is 245 g/mol. The summed E-state index contributed by atoms with van der Waals surface area (Å²) >= 11 is 5.53. The van der Waals surface area contributed by atoms with Crippen molar-refractivity contribution in [1.29, 1.82) is 0 Å². The maximum atomic E-state index is 12.7. The zero-order valence-corrected chi connectivity index (χ0v) is 9.59. The van der Waals surface area contributed by atoms with E-state index in [2.05, 4.69) is 5.32 Å². The van der Waals surface area contributed by atoms with Gasteiger partial charge in [-0.2, -0.15) is 0 Å². The highest BCUT2D eigenvalue weighted by Gasteiger charge is 2.13. The zero-order valence-electron chi connectivity index (χ0n) is 8.84. The molecule has 0 bridgehead atoms. The molecule has 0 aliphatic heterocycles. The summed E-state index contributed by atoms with van der Waals surface area (Å²) in [6.45, 7) is 1.81. The third kappa shape index (κ3) is 3.38. The molecule has 88 valence electrons. The van der Waals surface area contributed by atoms with Crippen LogP contribution >= 0.6 is 11.6 Å². The minimum absolute atomic E-state index is 0.0582. The molecule has 0 aliphatic rings. The van der Waals surface area contributed by atoms with Crippen molar-refractivity contribution in [1.82, 2.24) is 5.32 Å². The van der Waals surface area contributed by atoms with Gasteiger partial charge in [0, 0.05) is 18.0 Å². The molecular weight excluding hydrogens is 233 g/mol. The Labute approximate surface area is 98.2 Å². The van der Waals surface area contributed by atoms with Gasteiger partial charge in [0.05, 0.1) is 5.56 Å². The van der Waals surface area contributed by atoms with Crippen LogP contribution in [-0.2, 0) is 0 Å². The number of phenolic OH excluding ortho intramolecular Hbond substituents is 1. The number of rotatable bonds is 4. The first-order valence-electron chi connectivity index (χ1n) is 4.90. The van der Waals surface area contributed by atoms with Gasteiger partial charge in [-0.3, -0.25) is 4.79 Å². The molecule has 0 spiro atoms. The Morgan fingerprint density at radius 3 is 2.88 bits per heavy atom. The molecule has 0 aromatic heterocycles. The van der Waals surface area contributed by atoms with Crippen molar-refractivity contribution in [2.75, 3.05) is 5.88 Å². The summed E-state index contributed by atoms with van der Waals surface area (Å²) in [5, 5.41) is 12.0. The van der Waals surface area contributed by atoms with Gasteiger partial charge in [0.1, 0.15) is 11.6 Å². The third-order valence-electron chi connectivity index (χ3n) is 2.12. The van der Waals surface area contributed by atoms with Gasteiger partial charge in [-0.15, -0.1) is 11.6 Å². The Morgan fingerprint density at radius 2 is 2.31 bits per heavy atom. The van der Waals surface area contributed by atoms with Gasteiger partial charge < -0.3 is 10.4 Å². The topological polar surface area (TPSA) is 49.3 Å². The normalized spacial score (nSPS) is 12.2. The minimum atomic E-state index is -0.581. The summed E-state index contributed by atoms with van der Waals surface area (Å²) < 4.78 is 12.7. The van der Waals surface area contributed by atoms with E-state index in [-0.39, 0.29) is 17.4 Å². The van der Waals surface area contributed by atoms with Crippen molar-refractivity contribution >= 4 is 17.5 Å². The van der Waals surface area contributed by atoms with Gasteiger partial charge in [-0.1, -0.05) is 0 Å². The highest BCUT2D eigenvalue weighted by Crippen LogP contribution is 2.17. The minimum Gasteiger partial charge on any atom is -0.507 e. The molecule has 1 aromatic rings. The predicted molar refractivity (Wildman–Crippen MR) is 60.3 cm³/mol. The number of halogens is 2. The van der Waals surface area contributed by atoms with Gasteiger partial charge in [0.25, 0.3) is 5.91 Å². The Bertz CT molecular complexity index is 384. The van der Waals surface area contributed by atoms with Crippen LogP contribution < -0.4 is 5.32 Å².